The quantitative estimate of drug-likeness (QED) is 0.223. The van der Waals surface area contributed by atoms with Gasteiger partial charge in [0.1, 0.15) is 16.0 Å². The Hall–Kier alpha value is -2.86. The molecule has 12 heteroatoms. The van der Waals surface area contributed by atoms with E-state index in [1.165, 1.54) is 30.2 Å². The van der Waals surface area contributed by atoms with Crippen LogP contribution in [0, 0.1) is 0 Å². The number of thiophene rings is 1. The van der Waals surface area contributed by atoms with Crippen LogP contribution >= 0.6 is 34.7 Å². The molecule has 0 bridgehead atoms. The van der Waals surface area contributed by atoms with Crippen molar-refractivity contribution in [3.05, 3.63) is 46.4 Å². The second-order valence-corrected chi connectivity index (χ2v) is 9.20. The van der Waals surface area contributed by atoms with Crippen LogP contribution in [-0.4, -0.2) is 61.6 Å². The average molecular weight is 550 g/mol. The second kappa shape index (κ2) is 13.4. The molecule has 0 spiro atoms. The lowest BCUT2D eigenvalue weighted by Crippen LogP contribution is -2.37. The van der Waals surface area contributed by atoms with Gasteiger partial charge in [0, 0.05) is 24.3 Å². The maximum atomic E-state index is 12.4. The molecule has 0 saturated carbocycles. The lowest BCUT2D eigenvalue weighted by Gasteiger charge is -2.29. The van der Waals surface area contributed by atoms with Gasteiger partial charge in [0.15, 0.2) is 5.82 Å². The number of aromatic nitrogens is 2. The second-order valence-electron chi connectivity index (χ2n) is 7.11. The smallest absolute Gasteiger partial charge is 0.340 e. The number of rotatable bonds is 6. The maximum Gasteiger partial charge on any atom is 0.340 e. The van der Waals surface area contributed by atoms with Gasteiger partial charge in [0.05, 0.1) is 30.8 Å². The molecule has 2 aromatic heterocycles. The zero-order valence-corrected chi connectivity index (χ0v) is 22.9. The number of thioether (sulfide) groups is 1. The highest BCUT2D eigenvalue weighted by molar-refractivity contribution is 7.98. The van der Waals surface area contributed by atoms with Gasteiger partial charge in [-0.25, -0.2) is 19.6 Å². The Kier molecular flexibility index (Phi) is 10.4. The molecule has 9 nitrogen and oxygen atoms in total. The Bertz CT molecular complexity index is 1180. The van der Waals surface area contributed by atoms with Crippen molar-refractivity contribution in [3.8, 4) is 11.4 Å². The van der Waals surface area contributed by atoms with Crippen LogP contribution in [0.3, 0.4) is 0 Å². The number of esters is 1. The number of nitrogens with zero attached hydrogens (tertiary/aromatic N) is 3. The predicted octanol–water partition coefficient (Wildman–Crippen LogP) is 5.87. The van der Waals surface area contributed by atoms with Crippen molar-refractivity contribution in [1.82, 2.24) is 9.97 Å². The summed E-state index contributed by atoms with van der Waals surface area (Å²) in [5.41, 5.74) is 1.63. The number of amides is 2. The number of methoxy groups -OCH3 is 1. The minimum absolute atomic E-state index is 0.303. The van der Waals surface area contributed by atoms with Crippen molar-refractivity contribution >= 4 is 63.2 Å². The lowest BCUT2D eigenvalue weighted by molar-refractivity contribution is 0.0602. The molecule has 1 aliphatic rings. The maximum absolute atomic E-state index is 12.4. The number of ether oxygens (including phenoxy) is 2. The lowest BCUT2D eigenvalue weighted by atomic mass is 10.2. The van der Waals surface area contributed by atoms with Gasteiger partial charge in [-0.15, -0.1) is 23.1 Å². The number of urea groups is 1. The zero-order chi connectivity index (χ0) is 26.1. The molecule has 1 aliphatic heterocycles. The Morgan fingerprint density at radius 2 is 1.81 bits per heavy atom. The monoisotopic (exact) mass is 549 g/mol. The van der Waals surface area contributed by atoms with E-state index in [1.807, 2.05) is 32.2 Å². The number of nitrogens with one attached hydrogen (secondary N) is 2. The van der Waals surface area contributed by atoms with Gasteiger partial charge >= 0.3 is 12.0 Å². The van der Waals surface area contributed by atoms with Gasteiger partial charge in [-0.05, 0) is 42.0 Å². The molecule has 0 aliphatic carbocycles. The molecule has 4 rings (SSSR count). The number of hydrogen-bond donors (Lipinski definition) is 2. The molecule has 2 N–H and O–H groups in total. The molecule has 3 heterocycles. The summed E-state index contributed by atoms with van der Waals surface area (Å²) in [6.45, 7) is 6.75. The normalized spacial score (nSPS) is 12.9. The third kappa shape index (κ3) is 6.67. The van der Waals surface area contributed by atoms with E-state index in [4.69, 9.17) is 26.1 Å². The highest BCUT2D eigenvalue weighted by Gasteiger charge is 2.21. The summed E-state index contributed by atoms with van der Waals surface area (Å²) >= 11 is 9.24. The van der Waals surface area contributed by atoms with Crippen LogP contribution < -0.4 is 15.5 Å². The van der Waals surface area contributed by atoms with Crippen LogP contribution in [0.5, 0.6) is 0 Å². The summed E-state index contributed by atoms with van der Waals surface area (Å²) in [6, 6.07) is 8.25. The first kappa shape index (κ1) is 27.7. The minimum Gasteiger partial charge on any atom is -0.465 e. The molecule has 1 saturated heterocycles. The van der Waals surface area contributed by atoms with Crippen LogP contribution in [0.2, 0.25) is 5.15 Å². The fourth-order valence-corrected chi connectivity index (χ4v) is 5.09. The molecule has 0 radical (unpaired) electrons. The molecule has 3 aromatic rings. The van der Waals surface area contributed by atoms with Crippen molar-refractivity contribution in [2.75, 3.05) is 55.2 Å². The number of carbonyl (C=O) groups is 2. The van der Waals surface area contributed by atoms with Gasteiger partial charge < -0.3 is 19.7 Å². The number of carbonyl (C=O) groups excluding carboxylic acids is 2. The van der Waals surface area contributed by atoms with Crippen molar-refractivity contribution in [3.63, 3.8) is 0 Å². The first-order chi connectivity index (χ1) is 17.5. The molecule has 192 valence electrons. The summed E-state index contributed by atoms with van der Waals surface area (Å²) in [5, 5.41) is 7.94. The third-order valence-electron chi connectivity index (χ3n) is 5.02. The van der Waals surface area contributed by atoms with E-state index in [2.05, 4.69) is 20.5 Å². The summed E-state index contributed by atoms with van der Waals surface area (Å²) in [5.74, 6) is 0.787. The van der Waals surface area contributed by atoms with Crippen molar-refractivity contribution in [1.29, 1.82) is 0 Å². The summed E-state index contributed by atoms with van der Waals surface area (Å²) < 4.78 is 10.2. The van der Waals surface area contributed by atoms with Gasteiger partial charge in [-0.2, -0.15) is 0 Å². The first-order valence-corrected chi connectivity index (χ1v) is 13.8. The van der Waals surface area contributed by atoms with Gasteiger partial charge in [0.25, 0.3) is 0 Å². The van der Waals surface area contributed by atoms with E-state index in [-0.39, 0.29) is 0 Å². The molecule has 1 fully saturated rings. The molecule has 0 atom stereocenters. The van der Waals surface area contributed by atoms with Crippen molar-refractivity contribution in [2.45, 2.75) is 18.7 Å². The highest BCUT2D eigenvalue weighted by Crippen LogP contribution is 2.35. The van der Waals surface area contributed by atoms with Gasteiger partial charge in [0.2, 0.25) is 0 Å². The standard InChI is InChI=1S/C22H22ClN5O4S2.C2H6/c1-31-21(29)15-7-12-34-20(15)27-22(30)24-14-5-3-13(4-6-14)18-25-17(23)16(33-2)19(26-18)28-8-10-32-11-9-28;1-2/h3-7,12H,8-11H2,1-2H3,(H2,24,27,30);1-2H3. The third-order valence-corrected chi connectivity index (χ3v) is 7.02. The number of hydrogen-bond acceptors (Lipinski definition) is 9. The fourth-order valence-electron chi connectivity index (χ4n) is 3.35. The van der Waals surface area contributed by atoms with Gasteiger partial charge in [-0.3, -0.25) is 5.32 Å². The predicted molar refractivity (Wildman–Crippen MR) is 147 cm³/mol. The van der Waals surface area contributed by atoms with E-state index >= 15 is 0 Å². The fraction of sp³-hybridized carbons (Fsp3) is 0.333. The largest absolute Gasteiger partial charge is 0.465 e. The average Bonchev–Trinajstić information content (AvgIpc) is 3.37. The molecular formula is C24H28ClN5O4S2. The Morgan fingerprint density at radius 1 is 1.11 bits per heavy atom. The summed E-state index contributed by atoms with van der Waals surface area (Å²) in [7, 11) is 1.29. The van der Waals surface area contributed by atoms with E-state index in [1.54, 1.807) is 23.6 Å². The van der Waals surface area contributed by atoms with Gasteiger partial charge in [-0.1, -0.05) is 25.4 Å². The number of anilines is 3. The molecule has 36 heavy (non-hydrogen) atoms. The topological polar surface area (TPSA) is 106 Å². The molecular weight excluding hydrogens is 522 g/mol. The first-order valence-electron chi connectivity index (χ1n) is 11.3. The summed E-state index contributed by atoms with van der Waals surface area (Å²) in [4.78, 5) is 36.4. The molecule has 1 aromatic carbocycles. The van der Waals surface area contributed by atoms with Crippen LogP contribution in [0.1, 0.15) is 24.2 Å². The Morgan fingerprint density at radius 3 is 2.44 bits per heavy atom. The summed E-state index contributed by atoms with van der Waals surface area (Å²) in [6.07, 6.45) is 1.95. The zero-order valence-electron chi connectivity index (χ0n) is 20.5. The number of benzene rings is 1. The highest BCUT2D eigenvalue weighted by atomic mass is 35.5. The minimum atomic E-state index is -0.511. The van der Waals surface area contributed by atoms with Crippen LogP contribution in [-0.2, 0) is 9.47 Å². The van der Waals surface area contributed by atoms with Crippen LogP contribution in [0.25, 0.3) is 11.4 Å². The van der Waals surface area contributed by atoms with E-state index < -0.39 is 12.0 Å². The SMILES string of the molecule is CC.COC(=O)c1ccsc1NC(=O)Nc1ccc(-c2nc(Cl)c(SC)c(N3CCOCC3)n2)cc1. The van der Waals surface area contributed by atoms with Crippen molar-refractivity contribution in [2.24, 2.45) is 0 Å². The van der Waals surface area contributed by atoms with Crippen molar-refractivity contribution < 1.29 is 19.1 Å². The van der Waals surface area contributed by atoms with Crippen LogP contribution in [0.4, 0.5) is 21.3 Å². The van der Waals surface area contributed by atoms with E-state index in [0.717, 1.165) is 29.4 Å². The van der Waals surface area contributed by atoms with Crippen LogP contribution in [0.15, 0.2) is 40.6 Å². The Labute approximate surface area is 223 Å². The molecule has 2 amide bonds. The molecule has 0 unspecified atom stereocenters. The van der Waals surface area contributed by atoms with E-state index in [9.17, 15) is 9.59 Å². The number of morpholine rings is 1. The van der Waals surface area contributed by atoms with E-state index in [0.29, 0.717) is 40.4 Å². The number of halogens is 1. The Balaban J connectivity index is 0.00000176.